The molecule has 41 heavy (non-hydrogen) atoms. The lowest BCUT2D eigenvalue weighted by atomic mass is 10.1. The molecule has 0 bridgehead atoms. The van der Waals surface area contributed by atoms with Crippen LogP contribution in [0.2, 0.25) is 0 Å². The minimum absolute atomic E-state index is 0.239. The summed E-state index contributed by atoms with van der Waals surface area (Å²) in [5, 5.41) is 5.73. The van der Waals surface area contributed by atoms with E-state index in [-0.39, 0.29) is 29.6 Å². The Balaban J connectivity index is 1.56. The summed E-state index contributed by atoms with van der Waals surface area (Å²) >= 11 is 0. The molecule has 1 aromatic carbocycles. The molecule has 0 aliphatic carbocycles. The molecule has 220 valence electrons. The summed E-state index contributed by atoms with van der Waals surface area (Å²) in [4.78, 5) is 48.3. The standard InChI is InChI=1S/C30H39FN6O4/c1-20(32-3)28(38)34-27(21(2)41-4)30(40)37-16-7-8-24(37)18-36(17-14-22-10-12-23(31)13-11-22)29(39)25-19-35-15-6-5-9-26(35)33-25/h5-6,9-13,15,19-21,24,27,32H,7-8,14,16-18H2,1-4H3,(H,34,38)/t20-,21+,24-,27-/m0/s1. The van der Waals surface area contributed by atoms with Crippen molar-refractivity contribution in [2.24, 2.45) is 0 Å². The Morgan fingerprint density at radius 3 is 2.61 bits per heavy atom. The first kappa shape index (κ1) is 30.1. The molecule has 0 radical (unpaired) electrons. The van der Waals surface area contributed by atoms with Crippen LogP contribution in [0.15, 0.2) is 54.9 Å². The average Bonchev–Trinajstić information content (AvgIpc) is 3.64. The molecule has 2 N–H and O–H groups in total. The van der Waals surface area contributed by atoms with Crippen molar-refractivity contribution < 1.29 is 23.5 Å². The van der Waals surface area contributed by atoms with Gasteiger partial charge in [0.2, 0.25) is 11.8 Å². The highest BCUT2D eigenvalue weighted by atomic mass is 19.1. The van der Waals surface area contributed by atoms with Gasteiger partial charge in [-0.3, -0.25) is 14.4 Å². The number of likely N-dealkylation sites (N-methyl/N-ethyl adjacent to an activating group) is 1. The van der Waals surface area contributed by atoms with Crippen LogP contribution in [0, 0.1) is 5.82 Å². The number of imidazole rings is 1. The van der Waals surface area contributed by atoms with Crippen molar-refractivity contribution in [3.05, 3.63) is 71.9 Å². The van der Waals surface area contributed by atoms with Crippen molar-refractivity contribution >= 4 is 23.4 Å². The third-order valence-corrected chi connectivity index (χ3v) is 7.78. The summed E-state index contributed by atoms with van der Waals surface area (Å²) in [6.07, 6.45) is 4.99. The molecule has 3 aromatic rings. The number of hydrogen-bond acceptors (Lipinski definition) is 6. The van der Waals surface area contributed by atoms with Gasteiger partial charge in [-0.2, -0.15) is 0 Å². The fraction of sp³-hybridized carbons (Fsp3) is 0.467. The van der Waals surface area contributed by atoms with Crippen LogP contribution in [0.25, 0.3) is 5.65 Å². The van der Waals surface area contributed by atoms with Crippen molar-refractivity contribution in [3.63, 3.8) is 0 Å². The molecule has 1 aliphatic heterocycles. The van der Waals surface area contributed by atoms with E-state index in [9.17, 15) is 18.8 Å². The van der Waals surface area contributed by atoms with Gasteiger partial charge in [0, 0.05) is 45.2 Å². The van der Waals surface area contributed by atoms with E-state index >= 15 is 0 Å². The van der Waals surface area contributed by atoms with Gasteiger partial charge in [0.05, 0.1) is 12.1 Å². The van der Waals surface area contributed by atoms with Crippen molar-refractivity contribution in [1.82, 2.24) is 29.8 Å². The molecule has 3 heterocycles. The summed E-state index contributed by atoms with van der Waals surface area (Å²) in [5.74, 6) is -1.10. The van der Waals surface area contributed by atoms with Crippen LogP contribution in [0.5, 0.6) is 0 Å². The van der Waals surface area contributed by atoms with E-state index < -0.39 is 18.2 Å². The number of amides is 3. The number of fused-ring (bicyclic) bond motifs is 1. The number of nitrogens with one attached hydrogen (secondary N) is 2. The molecule has 11 heteroatoms. The molecule has 1 saturated heterocycles. The lowest BCUT2D eigenvalue weighted by Gasteiger charge is -2.34. The first-order chi connectivity index (χ1) is 19.7. The van der Waals surface area contributed by atoms with Crippen LogP contribution in [0.3, 0.4) is 0 Å². The Kier molecular flexibility index (Phi) is 10.1. The summed E-state index contributed by atoms with van der Waals surface area (Å²) < 4.78 is 20.7. The number of carbonyl (C=O) groups excluding carboxylic acids is 3. The second-order valence-corrected chi connectivity index (χ2v) is 10.5. The molecule has 1 fully saturated rings. The SMILES string of the molecule is CN[C@@H](C)C(=O)N[C@H](C(=O)N1CCC[C@H]1CN(CCc1ccc(F)cc1)C(=O)c1cn2ccccc2n1)[C@@H](C)OC. The molecular formula is C30H39FN6O4. The zero-order valence-electron chi connectivity index (χ0n) is 24.0. The van der Waals surface area contributed by atoms with E-state index in [1.165, 1.54) is 19.2 Å². The predicted octanol–water partition coefficient (Wildman–Crippen LogP) is 2.28. The topological polar surface area (TPSA) is 108 Å². The lowest BCUT2D eigenvalue weighted by Crippen LogP contribution is -2.58. The van der Waals surface area contributed by atoms with Crippen molar-refractivity contribution in [2.45, 2.75) is 57.3 Å². The normalized spacial score (nSPS) is 17.3. The lowest BCUT2D eigenvalue weighted by molar-refractivity contribution is -0.141. The van der Waals surface area contributed by atoms with Crippen molar-refractivity contribution in [1.29, 1.82) is 0 Å². The van der Waals surface area contributed by atoms with Gasteiger partial charge >= 0.3 is 0 Å². The Morgan fingerprint density at radius 2 is 1.93 bits per heavy atom. The summed E-state index contributed by atoms with van der Waals surface area (Å²) in [6.45, 7) is 4.65. The first-order valence-electron chi connectivity index (χ1n) is 14.0. The highest BCUT2D eigenvalue weighted by Crippen LogP contribution is 2.22. The third kappa shape index (κ3) is 7.28. The minimum atomic E-state index is -0.870. The smallest absolute Gasteiger partial charge is 0.274 e. The third-order valence-electron chi connectivity index (χ3n) is 7.78. The molecular weight excluding hydrogens is 527 g/mol. The molecule has 3 amide bonds. The number of rotatable bonds is 12. The van der Waals surface area contributed by atoms with E-state index in [2.05, 4.69) is 15.6 Å². The van der Waals surface area contributed by atoms with Gasteiger partial charge in [-0.05, 0) is 70.0 Å². The van der Waals surface area contributed by atoms with Crippen LogP contribution >= 0.6 is 0 Å². The number of halogens is 1. The number of ether oxygens (including phenoxy) is 1. The minimum Gasteiger partial charge on any atom is -0.379 e. The van der Waals surface area contributed by atoms with Gasteiger partial charge in [0.15, 0.2) is 0 Å². The molecule has 10 nitrogen and oxygen atoms in total. The fourth-order valence-corrected chi connectivity index (χ4v) is 5.06. The van der Waals surface area contributed by atoms with Gasteiger partial charge in [-0.15, -0.1) is 0 Å². The second-order valence-electron chi connectivity index (χ2n) is 10.5. The molecule has 0 saturated carbocycles. The zero-order valence-corrected chi connectivity index (χ0v) is 24.0. The first-order valence-corrected chi connectivity index (χ1v) is 14.0. The number of nitrogens with zero attached hydrogens (tertiary/aromatic N) is 4. The summed E-state index contributed by atoms with van der Waals surface area (Å²) in [6, 6.07) is 10.2. The Labute approximate surface area is 239 Å². The molecule has 4 atom stereocenters. The summed E-state index contributed by atoms with van der Waals surface area (Å²) in [5.41, 5.74) is 1.87. The zero-order chi connectivity index (χ0) is 29.5. The van der Waals surface area contributed by atoms with Gasteiger partial charge in [0.25, 0.3) is 5.91 Å². The van der Waals surface area contributed by atoms with Gasteiger partial charge in [0.1, 0.15) is 23.2 Å². The Morgan fingerprint density at radius 1 is 1.17 bits per heavy atom. The van der Waals surface area contributed by atoms with Crippen LogP contribution < -0.4 is 10.6 Å². The molecule has 0 spiro atoms. The molecule has 1 aliphatic rings. The second kappa shape index (κ2) is 13.7. The van der Waals surface area contributed by atoms with Crippen molar-refractivity contribution in [3.8, 4) is 0 Å². The molecule has 2 aromatic heterocycles. The summed E-state index contributed by atoms with van der Waals surface area (Å²) in [7, 11) is 3.18. The highest BCUT2D eigenvalue weighted by molar-refractivity contribution is 5.93. The highest BCUT2D eigenvalue weighted by Gasteiger charge is 2.38. The number of pyridine rings is 1. The van der Waals surface area contributed by atoms with E-state index in [0.717, 1.165) is 12.0 Å². The maximum atomic E-state index is 13.8. The van der Waals surface area contributed by atoms with E-state index in [1.54, 1.807) is 53.4 Å². The number of benzene rings is 1. The van der Waals surface area contributed by atoms with E-state index in [4.69, 9.17) is 4.74 Å². The van der Waals surface area contributed by atoms with E-state index in [0.29, 0.717) is 43.8 Å². The van der Waals surface area contributed by atoms with Gasteiger partial charge in [-0.1, -0.05) is 18.2 Å². The predicted molar refractivity (Wildman–Crippen MR) is 153 cm³/mol. The number of methoxy groups -OCH3 is 1. The van der Waals surface area contributed by atoms with Crippen molar-refractivity contribution in [2.75, 3.05) is 33.8 Å². The fourth-order valence-electron chi connectivity index (χ4n) is 5.06. The monoisotopic (exact) mass is 566 g/mol. The number of carbonyl (C=O) groups is 3. The van der Waals surface area contributed by atoms with Crippen LogP contribution in [0.1, 0.15) is 42.7 Å². The maximum absolute atomic E-state index is 13.8. The quantitative estimate of drug-likeness (QED) is 0.348. The Bertz CT molecular complexity index is 1310. The number of aromatic nitrogens is 2. The Hall–Kier alpha value is -3.83. The van der Waals surface area contributed by atoms with Crippen LogP contribution in [-0.2, 0) is 20.7 Å². The molecule has 4 rings (SSSR count). The maximum Gasteiger partial charge on any atom is 0.274 e. The largest absolute Gasteiger partial charge is 0.379 e. The van der Waals surface area contributed by atoms with Crippen LogP contribution in [-0.4, -0.2) is 94.9 Å². The number of likely N-dealkylation sites (tertiary alicyclic amines) is 1. The average molecular weight is 567 g/mol. The van der Waals surface area contributed by atoms with E-state index in [1.807, 2.05) is 24.4 Å². The van der Waals surface area contributed by atoms with Crippen LogP contribution in [0.4, 0.5) is 4.39 Å². The number of hydrogen-bond donors (Lipinski definition) is 2. The van der Waals surface area contributed by atoms with Gasteiger partial charge in [-0.25, -0.2) is 9.37 Å². The molecule has 0 unspecified atom stereocenters. The van der Waals surface area contributed by atoms with Gasteiger partial charge < -0.3 is 29.6 Å².